The highest BCUT2D eigenvalue weighted by atomic mass is 14.8. The number of anilines is 1. The zero-order valence-electron chi connectivity index (χ0n) is 8.39. The van der Waals surface area contributed by atoms with E-state index in [1.165, 1.54) is 0 Å². The molecule has 0 spiro atoms. The maximum Gasteiger partial charge on any atom is 0.0421 e. The molecule has 0 aliphatic heterocycles. The summed E-state index contributed by atoms with van der Waals surface area (Å²) in [4.78, 5) is 4.17. The summed E-state index contributed by atoms with van der Waals surface area (Å²) in [7, 11) is 1.91. The molecule has 1 aromatic heterocycles. The quantitative estimate of drug-likeness (QED) is 0.730. The van der Waals surface area contributed by atoms with Crippen LogP contribution in [-0.4, -0.2) is 12.0 Å². The molecule has 0 aliphatic carbocycles. The SMILES string of the molecule is CC.CCc1cc(NC)ccn1. The molecule has 0 fully saturated rings. The van der Waals surface area contributed by atoms with Crippen LogP contribution in [0.5, 0.6) is 0 Å². The van der Waals surface area contributed by atoms with Gasteiger partial charge in [-0.1, -0.05) is 20.8 Å². The van der Waals surface area contributed by atoms with E-state index in [2.05, 4.69) is 23.3 Å². The zero-order chi connectivity index (χ0) is 9.40. The van der Waals surface area contributed by atoms with Crippen LogP contribution >= 0.6 is 0 Å². The van der Waals surface area contributed by atoms with E-state index in [4.69, 9.17) is 0 Å². The average Bonchev–Trinajstić information content (AvgIpc) is 2.21. The molecule has 12 heavy (non-hydrogen) atoms. The van der Waals surface area contributed by atoms with Gasteiger partial charge in [-0.25, -0.2) is 0 Å². The molecule has 0 aliphatic rings. The van der Waals surface area contributed by atoms with E-state index in [1.54, 1.807) is 0 Å². The van der Waals surface area contributed by atoms with Crippen molar-refractivity contribution in [2.75, 3.05) is 12.4 Å². The van der Waals surface area contributed by atoms with Gasteiger partial charge in [-0.05, 0) is 18.6 Å². The molecule has 2 heteroatoms. The lowest BCUT2D eigenvalue weighted by Gasteiger charge is -1.99. The molecule has 0 atom stereocenters. The van der Waals surface area contributed by atoms with Crippen LogP contribution in [0.4, 0.5) is 5.69 Å². The van der Waals surface area contributed by atoms with Crippen molar-refractivity contribution in [2.45, 2.75) is 27.2 Å². The van der Waals surface area contributed by atoms with Crippen molar-refractivity contribution in [3.8, 4) is 0 Å². The minimum atomic E-state index is 0.996. The zero-order valence-corrected chi connectivity index (χ0v) is 8.39. The molecule has 1 heterocycles. The van der Waals surface area contributed by atoms with E-state index in [1.807, 2.05) is 33.2 Å². The molecule has 0 radical (unpaired) electrons. The molecule has 2 nitrogen and oxygen atoms in total. The fourth-order valence-corrected chi connectivity index (χ4v) is 0.827. The fraction of sp³-hybridized carbons (Fsp3) is 0.500. The van der Waals surface area contributed by atoms with Gasteiger partial charge in [-0.3, -0.25) is 4.98 Å². The second kappa shape index (κ2) is 6.65. The highest BCUT2D eigenvalue weighted by Gasteiger charge is 1.90. The Hall–Kier alpha value is -1.05. The molecule has 0 bridgehead atoms. The Kier molecular flexibility index (Phi) is 6.07. The van der Waals surface area contributed by atoms with E-state index in [-0.39, 0.29) is 0 Å². The normalized spacial score (nSPS) is 8.33. The molecule has 1 N–H and O–H groups in total. The first-order chi connectivity index (χ1) is 5.86. The molecular weight excluding hydrogens is 148 g/mol. The van der Waals surface area contributed by atoms with Gasteiger partial charge in [0.05, 0.1) is 0 Å². The second-order valence-corrected chi connectivity index (χ2v) is 2.14. The monoisotopic (exact) mass is 166 g/mol. The predicted molar refractivity (Wildman–Crippen MR) is 54.5 cm³/mol. The third-order valence-corrected chi connectivity index (χ3v) is 1.47. The summed E-state index contributed by atoms with van der Waals surface area (Å²) < 4.78 is 0. The fourth-order valence-electron chi connectivity index (χ4n) is 0.827. The van der Waals surface area contributed by atoms with Gasteiger partial charge in [-0.15, -0.1) is 0 Å². The smallest absolute Gasteiger partial charge is 0.0421 e. The van der Waals surface area contributed by atoms with Gasteiger partial charge in [0.25, 0.3) is 0 Å². The van der Waals surface area contributed by atoms with Crippen molar-refractivity contribution in [2.24, 2.45) is 0 Å². The topological polar surface area (TPSA) is 24.9 Å². The number of aromatic nitrogens is 1. The summed E-state index contributed by atoms with van der Waals surface area (Å²) >= 11 is 0. The van der Waals surface area contributed by atoms with Crippen LogP contribution in [0.3, 0.4) is 0 Å². The van der Waals surface area contributed by atoms with Crippen LogP contribution in [0, 0.1) is 0 Å². The largest absolute Gasteiger partial charge is 0.388 e. The van der Waals surface area contributed by atoms with Crippen LogP contribution in [0.2, 0.25) is 0 Å². The summed E-state index contributed by atoms with van der Waals surface area (Å²) in [5, 5.41) is 3.06. The Balaban J connectivity index is 0.000000561. The Morgan fingerprint density at radius 3 is 2.58 bits per heavy atom. The Labute approximate surface area is 75.0 Å². The van der Waals surface area contributed by atoms with Crippen molar-refractivity contribution >= 4 is 5.69 Å². The third-order valence-electron chi connectivity index (χ3n) is 1.47. The maximum absolute atomic E-state index is 4.17. The van der Waals surface area contributed by atoms with Crippen LogP contribution < -0.4 is 5.32 Å². The lowest BCUT2D eigenvalue weighted by atomic mass is 10.3. The summed E-state index contributed by atoms with van der Waals surface area (Å²) in [6, 6.07) is 4.01. The van der Waals surface area contributed by atoms with Gasteiger partial charge in [0.15, 0.2) is 0 Å². The molecule has 0 aromatic carbocycles. The first-order valence-electron chi connectivity index (χ1n) is 4.49. The first-order valence-corrected chi connectivity index (χ1v) is 4.49. The second-order valence-electron chi connectivity index (χ2n) is 2.14. The van der Waals surface area contributed by atoms with Crippen molar-refractivity contribution in [1.82, 2.24) is 4.98 Å². The number of rotatable bonds is 2. The molecule has 0 saturated carbocycles. The molecule has 1 aromatic rings. The molecule has 1 rings (SSSR count). The van der Waals surface area contributed by atoms with Crippen molar-refractivity contribution in [3.05, 3.63) is 24.0 Å². The van der Waals surface area contributed by atoms with Gasteiger partial charge in [0.1, 0.15) is 0 Å². The molecular formula is C10H18N2. The Morgan fingerprint density at radius 2 is 2.08 bits per heavy atom. The maximum atomic E-state index is 4.17. The number of hydrogen-bond acceptors (Lipinski definition) is 2. The number of nitrogens with one attached hydrogen (secondary N) is 1. The van der Waals surface area contributed by atoms with Gasteiger partial charge in [0, 0.05) is 24.6 Å². The minimum Gasteiger partial charge on any atom is -0.388 e. The highest BCUT2D eigenvalue weighted by Crippen LogP contribution is 2.06. The molecule has 0 saturated heterocycles. The van der Waals surface area contributed by atoms with Crippen LogP contribution in [0.15, 0.2) is 18.3 Å². The summed E-state index contributed by atoms with van der Waals surface area (Å²) in [6.07, 6.45) is 2.82. The van der Waals surface area contributed by atoms with E-state index >= 15 is 0 Å². The van der Waals surface area contributed by atoms with Crippen molar-refractivity contribution in [1.29, 1.82) is 0 Å². The number of aryl methyl sites for hydroxylation is 1. The lowest BCUT2D eigenvalue weighted by molar-refractivity contribution is 1.04. The molecule has 0 unspecified atom stereocenters. The number of hydrogen-bond donors (Lipinski definition) is 1. The number of nitrogens with zero attached hydrogens (tertiary/aromatic N) is 1. The molecule has 0 amide bonds. The van der Waals surface area contributed by atoms with E-state index in [0.717, 1.165) is 17.8 Å². The van der Waals surface area contributed by atoms with Crippen molar-refractivity contribution < 1.29 is 0 Å². The number of pyridine rings is 1. The third kappa shape index (κ3) is 3.37. The average molecular weight is 166 g/mol. The van der Waals surface area contributed by atoms with Crippen molar-refractivity contribution in [3.63, 3.8) is 0 Å². The van der Waals surface area contributed by atoms with Gasteiger partial charge in [0.2, 0.25) is 0 Å². The first kappa shape index (κ1) is 11.0. The van der Waals surface area contributed by atoms with Gasteiger partial charge in [-0.2, -0.15) is 0 Å². The van der Waals surface area contributed by atoms with E-state index < -0.39 is 0 Å². The molecule has 68 valence electrons. The van der Waals surface area contributed by atoms with E-state index in [0.29, 0.717) is 0 Å². The van der Waals surface area contributed by atoms with Crippen LogP contribution in [0.1, 0.15) is 26.5 Å². The summed E-state index contributed by atoms with van der Waals surface area (Å²) in [5.74, 6) is 0. The van der Waals surface area contributed by atoms with Crippen LogP contribution in [0.25, 0.3) is 0 Å². The highest BCUT2D eigenvalue weighted by molar-refractivity contribution is 5.42. The minimum absolute atomic E-state index is 0.996. The van der Waals surface area contributed by atoms with Gasteiger partial charge < -0.3 is 5.32 Å². The lowest BCUT2D eigenvalue weighted by Crippen LogP contribution is -1.91. The van der Waals surface area contributed by atoms with Crippen LogP contribution in [-0.2, 0) is 6.42 Å². The predicted octanol–water partition coefficient (Wildman–Crippen LogP) is 2.71. The van der Waals surface area contributed by atoms with Gasteiger partial charge >= 0.3 is 0 Å². The Morgan fingerprint density at radius 1 is 1.42 bits per heavy atom. The Bertz CT molecular complexity index is 189. The standard InChI is InChI=1S/C8H12N2.C2H6/c1-3-7-6-8(9-2)4-5-10-7;1-2/h4-6H,3H2,1-2H3,(H,9,10);1-2H3. The summed E-state index contributed by atoms with van der Waals surface area (Å²) in [6.45, 7) is 6.10. The summed E-state index contributed by atoms with van der Waals surface area (Å²) in [5.41, 5.74) is 2.26. The van der Waals surface area contributed by atoms with E-state index in [9.17, 15) is 0 Å².